The molecule has 1 aliphatic heterocycles. The maximum absolute atomic E-state index is 13.0. The summed E-state index contributed by atoms with van der Waals surface area (Å²) in [7, 11) is 0. The molecule has 5 rings (SSSR count). The van der Waals surface area contributed by atoms with E-state index in [-0.39, 0.29) is 18.1 Å². The molecule has 1 saturated carbocycles. The zero-order valence-corrected chi connectivity index (χ0v) is 18.1. The van der Waals surface area contributed by atoms with Crippen LogP contribution in [0.1, 0.15) is 43.5 Å². The molecule has 1 unspecified atom stereocenters. The summed E-state index contributed by atoms with van der Waals surface area (Å²) < 4.78 is 13.5. The van der Waals surface area contributed by atoms with Crippen molar-refractivity contribution in [1.29, 1.82) is 0 Å². The first-order chi connectivity index (χ1) is 15.6. The largest absolute Gasteiger partial charge is 0.480 e. The Kier molecular flexibility index (Phi) is 5.48. The van der Waals surface area contributed by atoms with Crippen molar-refractivity contribution in [2.45, 2.75) is 51.4 Å². The molecule has 1 fully saturated rings. The fourth-order valence-electron chi connectivity index (χ4n) is 4.11. The third-order valence-electron chi connectivity index (χ3n) is 5.92. The van der Waals surface area contributed by atoms with Crippen molar-refractivity contribution in [3.63, 3.8) is 0 Å². The average Bonchev–Trinajstić information content (AvgIpc) is 3.50. The van der Waals surface area contributed by atoms with Crippen molar-refractivity contribution >= 4 is 17.4 Å². The van der Waals surface area contributed by atoms with Gasteiger partial charge in [0, 0.05) is 31.6 Å². The number of carbonyl (C=O) groups excluding carboxylic acids is 1. The Morgan fingerprint density at radius 2 is 2.25 bits per heavy atom. The number of hydrogen-bond donors (Lipinski definition) is 2. The van der Waals surface area contributed by atoms with Crippen molar-refractivity contribution in [3.05, 3.63) is 54.1 Å². The Morgan fingerprint density at radius 1 is 1.38 bits per heavy atom. The van der Waals surface area contributed by atoms with Crippen LogP contribution in [0.3, 0.4) is 0 Å². The topological polar surface area (TPSA) is 107 Å². The summed E-state index contributed by atoms with van der Waals surface area (Å²) in [6.45, 7) is 4.62. The SMILES string of the molecule is CCO[C@H]1C[C@@H](n2cc(NC(=O)C3CC=C(c4c[nH]nc4C)O3)c(-c3ccccn3)n2)C1. The predicted octanol–water partition coefficient (Wildman–Crippen LogP) is 3.49. The van der Waals surface area contributed by atoms with E-state index >= 15 is 0 Å². The number of hydrogen-bond acceptors (Lipinski definition) is 6. The number of amides is 1. The molecule has 32 heavy (non-hydrogen) atoms. The minimum Gasteiger partial charge on any atom is -0.480 e. The number of nitrogens with zero attached hydrogens (tertiary/aromatic N) is 4. The lowest BCUT2D eigenvalue weighted by molar-refractivity contribution is -0.123. The number of pyridine rings is 1. The van der Waals surface area contributed by atoms with Crippen molar-refractivity contribution in [2.75, 3.05) is 11.9 Å². The first kappa shape index (κ1) is 20.4. The van der Waals surface area contributed by atoms with Gasteiger partial charge in [-0.1, -0.05) is 6.07 Å². The highest BCUT2D eigenvalue weighted by atomic mass is 16.5. The van der Waals surface area contributed by atoms with Crippen molar-refractivity contribution in [1.82, 2.24) is 25.0 Å². The van der Waals surface area contributed by atoms with Crippen LogP contribution in [0.4, 0.5) is 5.69 Å². The van der Waals surface area contributed by atoms with E-state index in [1.165, 1.54) is 0 Å². The zero-order chi connectivity index (χ0) is 22.1. The smallest absolute Gasteiger partial charge is 0.265 e. The van der Waals surface area contributed by atoms with Gasteiger partial charge in [0.25, 0.3) is 5.91 Å². The fraction of sp³-hybridized carbons (Fsp3) is 0.391. The standard InChI is InChI=1S/C23H26N6O3/c1-3-31-16-10-15(11-16)29-13-19(22(28-29)18-6-4-5-9-24-18)26-23(30)21-8-7-20(32-21)17-12-25-27-14(17)2/h4-7,9,12-13,15-16,21H,3,8,10-11H2,1-2H3,(H,25,27)(H,26,30)/t15-,16+,21?. The summed E-state index contributed by atoms with van der Waals surface area (Å²) in [5.41, 5.74) is 3.70. The van der Waals surface area contributed by atoms with E-state index in [1.54, 1.807) is 12.4 Å². The maximum Gasteiger partial charge on any atom is 0.265 e. The Labute approximate surface area is 185 Å². The van der Waals surface area contributed by atoms with Gasteiger partial charge in [-0.2, -0.15) is 10.2 Å². The summed E-state index contributed by atoms with van der Waals surface area (Å²) in [5, 5.41) is 14.7. The number of aryl methyl sites for hydroxylation is 1. The van der Waals surface area contributed by atoms with Gasteiger partial charge in [0.05, 0.1) is 34.8 Å². The molecule has 4 heterocycles. The van der Waals surface area contributed by atoms with E-state index in [0.29, 0.717) is 35.9 Å². The molecular formula is C23H26N6O3. The second kappa shape index (κ2) is 8.58. The molecule has 2 N–H and O–H groups in total. The molecule has 1 atom stereocenters. The molecule has 0 aromatic carbocycles. The predicted molar refractivity (Wildman–Crippen MR) is 119 cm³/mol. The van der Waals surface area contributed by atoms with Crippen LogP contribution in [-0.2, 0) is 14.3 Å². The van der Waals surface area contributed by atoms with Gasteiger partial charge in [-0.3, -0.25) is 19.6 Å². The molecule has 0 bridgehead atoms. The number of ether oxygens (including phenoxy) is 2. The van der Waals surface area contributed by atoms with E-state index in [0.717, 1.165) is 24.1 Å². The maximum atomic E-state index is 13.0. The molecule has 1 aliphatic carbocycles. The molecule has 0 saturated heterocycles. The van der Waals surface area contributed by atoms with Crippen LogP contribution < -0.4 is 5.32 Å². The van der Waals surface area contributed by atoms with E-state index in [2.05, 4.69) is 20.5 Å². The lowest BCUT2D eigenvalue weighted by Gasteiger charge is -2.34. The molecular weight excluding hydrogens is 408 g/mol. The lowest BCUT2D eigenvalue weighted by atomic mass is 9.89. The van der Waals surface area contributed by atoms with Gasteiger partial charge in [0.1, 0.15) is 11.5 Å². The van der Waals surface area contributed by atoms with E-state index in [9.17, 15) is 4.79 Å². The van der Waals surface area contributed by atoms with Crippen LogP contribution in [-0.4, -0.2) is 49.7 Å². The van der Waals surface area contributed by atoms with Crippen LogP contribution in [0.5, 0.6) is 0 Å². The highest BCUT2D eigenvalue weighted by Crippen LogP contribution is 2.37. The van der Waals surface area contributed by atoms with Gasteiger partial charge in [-0.25, -0.2) is 0 Å². The molecule has 1 amide bonds. The fourth-order valence-corrected chi connectivity index (χ4v) is 4.11. The Hall–Kier alpha value is -3.46. The summed E-state index contributed by atoms with van der Waals surface area (Å²) in [5.74, 6) is 0.461. The molecule has 9 nitrogen and oxygen atoms in total. The molecule has 3 aromatic heterocycles. The lowest BCUT2D eigenvalue weighted by Crippen LogP contribution is -2.33. The monoisotopic (exact) mass is 434 g/mol. The number of rotatable bonds is 7. The van der Waals surface area contributed by atoms with E-state index in [4.69, 9.17) is 14.6 Å². The second-order valence-corrected chi connectivity index (χ2v) is 8.07. The normalized spacial score (nSPS) is 22.2. The van der Waals surface area contributed by atoms with Crippen molar-refractivity contribution < 1.29 is 14.3 Å². The molecule has 0 radical (unpaired) electrons. The van der Waals surface area contributed by atoms with Crippen LogP contribution in [0, 0.1) is 6.92 Å². The highest BCUT2D eigenvalue weighted by molar-refractivity contribution is 5.98. The number of anilines is 1. The molecule has 166 valence electrons. The van der Waals surface area contributed by atoms with Gasteiger partial charge in [-0.15, -0.1) is 0 Å². The quantitative estimate of drug-likeness (QED) is 0.590. The van der Waals surface area contributed by atoms with E-state index in [1.807, 2.05) is 49.0 Å². The van der Waals surface area contributed by atoms with Gasteiger partial charge in [0.2, 0.25) is 0 Å². The molecule has 3 aromatic rings. The Morgan fingerprint density at radius 3 is 2.97 bits per heavy atom. The first-order valence-electron chi connectivity index (χ1n) is 10.9. The number of aromatic amines is 1. The number of aromatic nitrogens is 5. The van der Waals surface area contributed by atoms with Crippen LogP contribution in [0.2, 0.25) is 0 Å². The third-order valence-corrected chi connectivity index (χ3v) is 5.92. The van der Waals surface area contributed by atoms with Crippen molar-refractivity contribution in [2.24, 2.45) is 0 Å². The van der Waals surface area contributed by atoms with Gasteiger partial charge < -0.3 is 14.8 Å². The highest BCUT2D eigenvalue weighted by Gasteiger charge is 2.33. The first-order valence-corrected chi connectivity index (χ1v) is 10.9. The molecule has 9 heteroatoms. The molecule has 2 aliphatic rings. The molecule has 0 spiro atoms. The Balaban J connectivity index is 1.32. The van der Waals surface area contributed by atoms with Crippen LogP contribution >= 0.6 is 0 Å². The van der Waals surface area contributed by atoms with Crippen LogP contribution in [0.15, 0.2) is 42.9 Å². The third kappa shape index (κ3) is 3.91. The minimum atomic E-state index is -0.606. The summed E-state index contributed by atoms with van der Waals surface area (Å²) >= 11 is 0. The summed E-state index contributed by atoms with van der Waals surface area (Å²) in [6.07, 6.45) is 9.29. The van der Waals surface area contributed by atoms with Gasteiger partial charge in [0.15, 0.2) is 6.10 Å². The van der Waals surface area contributed by atoms with Crippen LogP contribution in [0.25, 0.3) is 17.1 Å². The minimum absolute atomic E-state index is 0.213. The zero-order valence-electron chi connectivity index (χ0n) is 18.1. The number of carbonyl (C=O) groups is 1. The second-order valence-electron chi connectivity index (χ2n) is 8.07. The summed E-state index contributed by atoms with van der Waals surface area (Å²) in [6, 6.07) is 5.90. The van der Waals surface area contributed by atoms with Crippen molar-refractivity contribution in [3.8, 4) is 11.4 Å². The Bertz CT molecular complexity index is 1130. The average molecular weight is 435 g/mol. The number of H-pyrrole nitrogens is 1. The van der Waals surface area contributed by atoms with Gasteiger partial charge >= 0.3 is 0 Å². The van der Waals surface area contributed by atoms with E-state index < -0.39 is 6.10 Å². The van der Waals surface area contributed by atoms with Gasteiger partial charge in [-0.05, 0) is 44.9 Å². The number of nitrogens with one attached hydrogen (secondary N) is 2. The summed E-state index contributed by atoms with van der Waals surface area (Å²) in [4.78, 5) is 17.5.